The van der Waals surface area contributed by atoms with Gasteiger partial charge in [-0.15, -0.1) is 0 Å². The zero-order valence-corrected chi connectivity index (χ0v) is 7.05. The maximum Gasteiger partial charge on any atom is 0.126 e. The number of rotatable bonds is 4. The average Bonchev–Trinajstić information content (AvgIpc) is 1.86. The van der Waals surface area contributed by atoms with E-state index >= 15 is 0 Å². The summed E-state index contributed by atoms with van der Waals surface area (Å²) in [4.78, 5) is 10.6. The molecule has 1 rings (SSSR count). The van der Waals surface area contributed by atoms with Crippen LogP contribution in [-0.4, -0.2) is 17.5 Å². The third kappa shape index (κ3) is 2.03. The normalized spacial score (nSPS) is 23.8. The van der Waals surface area contributed by atoms with Crippen molar-refractivity contribution in [2.75, 3.05) is 0 Å². The summed E-state index contributed by atoms with van der Waals surface area (Å²) >= 11 is 0. The van der Waals surface area contributed by atoms with Gasteiger partial charge >= 0.3 is 0 Å². The van der Waals surface area contributed by atoms with Gasteiger partial charge in [-0.3, -0.25) is 0 Å². The highest BCUT2D eigenvalue weighted by molar-refractivity contribution is 5.60. The first-order chi connectivity index (χ1) is 5.18. The minimum atomic E-state index is -0.257. The van der Waals surface area contributed by atoms with Crippen LogP contribution in [0.3, 0.4) is 0 Å². The third-order valence-corrected chi connectivity index (χ3v) is 2.66. The molecule has 0 aliphatic heterocycles. The number of aldehydes is 1. The Balaban J connectivity index is 2.27. The van der Waals surface area contributed by atoms with E-state index in [2.05, 4.69) is 0 Å². The summed E-state index contributed by atoms with van der Waals surface area (Å²) in [6.07, 6.45) is 5.70. The Hall–Kier alpha value is -0.370. The lowest BCUT2D eigenvalue weighted by atomic mass is 9.67. The van der Waals surface area contributed by atoms with Crippen molar-refractivity contribution in [2.45, 2.75) is 45.1 Å². The van der Waals surface area contributed by atoms with E-state index < -0.39 is 0 Å². The highest BCUT2D eigenvalue weighted by Gasteiger charge is 2.36. The second-order valence-electron chi connectivity index (χ2n) is 3.72. The Morgan fingerprint density at radius 2 is 2.27 bits per heavy atom. The molecule has 0 aromatic heterocycles. The fourth-order valence-corrected chi connectivity index (χ4v) is 1.55. The Bertz CT molecular complexity index is 136. The number of aliphatic hydroxyl groups is 1. The van der Waals surface area contributed by atoms with Crippen LogP contribution >= 0.6 is 0 Å². The van der Waals surface area contributed by atoms with Crippen molar-refractivity contribution in [3.8, 4) is 0 Å². The monoisotopic (exact) mass is 156 g/mol. The second-order valence-corrected chi connectivity index (χ2v) is 3.72. The predicted octanol–water partition coefficient (Wildman–Crippen LogP) is 1.52. The highest BCUT2D eigenvalue weighted by atomic mass is 16.3. The van der Waals surface area contributed by atoms with Gasteiger partial charge < -0.3 is 9.90 Å². The van der Waals surface area contributed by atoms with E-state index in [1.807, 2.05) is 0 Å². The largest absolute Gasteiger partial charge is 0.393 e. The summed E-state index contributed by atoms with van der Waals surface area (Å²) in [6, 6.07) is 0. The number of carbonyl (C=O) groups is 1. The van der Waals surface area contributed by atoms with E-state index in [4.69, 9.17) is 5.11 Å². The van der Waals surface area contributed by atoms with Crippen molar-refractivity contribution in [1.29, 1.82) is 0 Å². The Labute approximate surface area is 67.6 Å². The molecule has 0 saturated heterocycles. The standard InChI is InChI=1S/C9H16O2/c1-8(11)3-6-9(7-10)4-2-5-9/h7-8,11H,2-6H2,1H3. The first kappa shape index (κ1) is 8.72. The van der Waals surface area contributed by atoms with Crippen LogP contribution in [0.1, 0.15) is 39.0 Å². The first-order valence-electron chi connectivity index (χ1n) is 4.33. The lowest BCUT2D eigenvalue weighted by molar-refractivity contribution is -0.121. The van der Waals surface area contributed by atoms with Gasteiger partial charge in [-0.05, 0) is 32.6 Å². The van der Waals surface area contributed by atoms with Crippen molar-refractivity contribution in [3.05, 3.63) is 0 Å². The van der Waals surface area contributed by atoms with E-state index in [1.165, 1.54) is 6.42 Å². The molecule has 0 radical (unpaired) electrons. The quantitative estimate of drug-likeness (QED) is 0.626. The van der Waals surface area contributed by atoms with Crippen LogP contribution in [0.4, 0.5) is 0 Å². The molecule has 11 heavy (non-hydrogen) atoms. The van der Waals surface area contributed by atoms with Crippen molar-refractivity contribution in [1.82, 2.24) is 0 Å². The van der Waals surface area contributed by atoms with Gasteiger partial charge in [-0.2, -0.15) is 0 Å². The zero-order valence-electron chi connectivity index (χ0n) is 7.05. The second kappa shape index (κ2) is 3.35. The molecule has 1 aliphatic rings. The number of aliphatic hydroxyl groups excluding tert-OH is 1. The predicted molar refractivity (Wildman–Crippen MR) is 43.3 cm³/mol. The van der Waals surface area contributed by atoms with Gasteiger partial charge in [0.1, 0.15) is 6.29 Å². The molecule has 0 spiro atoms. The van der Waals surface area contributed by atoms with Gasteiger partial charge in [0.05, 0.1) is 6.10 Å². The molecule has 2 nitrogen and oxygen atoms in total. The summed E-state index contributed by atoms with van der Waals surface area (Å²) in [5, 5.41) is 9.01. The molecular formula is C9H16O2. The number of hydrogen-bond acceptors (Lipinski definition) is 2. The van der Waals surface area contributed by atoms with E-state index in [-0.39, 0.29) is 11.5 Å². The molecule has 0 amide bonds. The molecule has 64 valence electrons. The Kier molecular flexibility index (Phi) is 2.66. The van der Waals surface area contributed by atoms with Crippen LogP contribution in [0, 0.1) is 5.41 Å². The van der Waals surface area contributed by atoms with E-state index in [0.717, 1.165) is 32.0 Å². The highest BCUT2D eigenvalue weighted by Crippen LogP contribution is 2.42. The van der Waals surface area contributed by atoms with Gasteiger partial charge in [-0.25, -0.2) is 0 Å². The molecule has 1 atom stereocenters. The van der Waals surface area contributed by atoms with Crippen molar-refractivity contribution < 1.29 is 9.90 Å². The molecule has 1 unspecified atom stereocenters. The molecule has 1 saturated carbocycles. The van der Waals surface area contributed by atoms with Crippen molar-refractivity contribution in [2.24, 2.45) is 5.41 Å². The Morgan fingerprint density at radius 1 is 1.64 bits per heavy atom. The molecule has 1 fully saturated rings. The van der Waals surface area contributed by atoms with Gasteiger partial charge in [-0.1, -0.05) is 6.42 Å². The molecule has 1 N–H and O–H groups in total. The van der Waals surface area contributed by atoms with Crippen LogP contribution in [0.5, 0.6) is 0 Å². The first-order valence-corrected chi connectivity index (χ1v) is 4.33. The van der Waals surface area contributed by atoms with Gasteiger partial charge in [0, 0.05) is 5.41 Å². The molecule has 0 aromatic rings. The summed E-state index contributed by atoms with van der Waals surface area (Å²) in [7, 11) is 0. The minimum absolute atomic E-state index is 0.0447. The van der Waals surface area contributed by atoms with Crippen LogP contribution in [-0.2, 0) is 4.79 Å². The van der Waals surface area contributed by atoms with Crippen LogP contribution < -0.4 is 0 Å². The SMILES string of the molecule is CC(O)CCC1(C=O)CCC1. The zero-order chi connectivity index (χ0) is 8.32. The minimum Gasteiger partial charge on any atom is -0.393 e. The van der Waals surface area contributed by atoms with E-state index in [1.54, 1.807) is 6.92 Å². The van der Waals surface area contributed by atoms with Crippen molar-refractivity contribution >= 4 is 6.29 Å². The molecule has 0 bridgehead atoms. The summed E-state index contributed by atoms with van der Waals surface area (Å²) in [6.45, 7) is 1.77. The van der Waals surface area contributed by atoms with Gasteiger partial charge in [0.15, 0.2) is 0 Å². The third-order valence-electron chi connectivity index (χ3n) is 2.66. The van der Waals surface area contributed by atoms with Crippen LogP contribution in [0.2, 0.25) is 0 Å². The number of hydrogen-bond donors (Lipinski definition) is 1. The summed E-state index contributed by atoms with van der Waals surface area (Å²) in [5.74, 6) is 0. The van der Waals surface area contributed by atoms with Crippen LogP contribution in [0.15, 0.2) is 0 Å². The van der Waals surface area contributed by atoms with E-state index in [0.29, 0.717) is 0 Å². The van der Waals surface area contributed by atoms with E-state index in [9.17, 15) is 4.79 Å². The molecular weight excluding hydrogens is 140 g/mol. The molecule has 0 heterocycles. The van der Waals surface area contributed by atoms with Gasteiger partial charge in [0.25, 0.3) is 0 Å². The van der Waals surface area contributed by atoms with Crippen molar-refractivity contribution in [3.63, 3.8) is 0 Å². The van der Waals surface area contributed by atoms with Crippen LogP contribution in [0.25, 0.3) is 0 Å². The molecule has 0 aromatic carbocycles. The average molecular weight is 156 g/mol. The smallest absolute Gasteiger partial charge is 0.126 e. The number of carbonyl (C=O) groups excluding carboxylic acids is 1. The maximum absolute atomic E-state index is 10.6. The fraction of sp³-hybridized carbons (Fsp3) is 0.889. The lowest BCUT2D eigenvalue weighted by Crippen LogP contribution is -2.31. The molecule has 1 aliphatic carbocycles. The lowest BCUT2D eigenvalue weighted by Gasteiger charge is -2.36. The Morgan fingerprint density at radius 3 is 2.55 bits per heavy atom. The summed E-state index contributed by atoms with van der Waals surface area (Å²) < 4.78 is 0. The maximum atomic E-state index is 10.6. The fourth-order valence-electron chi connectivity index (χ4n) is 1.55. The molecule has 2 heteroatoms. The topological polar surface area (TPSA) is 37.3 Å². The summed E-state index contributed by atoms with van der Waals surface area (Å²) in [5.41, 5.74) is -0.0447. The van der Waals surface area contributed by atoms with Gasteiger partial charge in [0.2, 0.25) is 0 Å².